The zero-order valence-corrected chi connectivity index (χ0v) is 7.86. The van der Waals surface area contributed by atoms with Gasteiger partial charge in [-0.3, -0.25) is 0 Å². The van der Waals surface area contributed by atoms with E-state index in [1.807, 2.05) is 13.0 Å². The number of hydrogen-bond donors (Lipinski definition) is 0. The molecule has 13 heavy (non-hydrogen) atoms. The smallest absolute Gasteiger partial charge is 0.153 e. The monoisotopic (exact) mass is 198 g/mol. The molecule has 0 aliphatic rings. The highest BCUT2D eigenvalue weighted by atomic mass is 35.5. The summed E-state index contributed by atoms with van der Waals surface area (Å²) in [7, 11) is 0. The number of hydrogen-bond acceptors (Lipinski definition) is 1. The fourth-order valence-corrected chi connectivity index (χ4v) is 1.56. The third kappa shape index (κ3) is 1.42. The van der Waals surface area contributed by atoms with Crippen molar-refractivity contribution in [3.8, 4) is 0 Å². The number of furan rings is 1. The summed E-state index contributed by atoms with van der Waals surface area (Å²) in [5, 5.41) is 1.05. The zero-order chi connectivity index (χ0) is 9.42. The lowest BCUT2D eigenvalue weighted by molar-refractivity contribution is 0.556. The van der Waals surface area contributed by atoms with Crippen molar-refractivity contribution in [2.24, 2.45) is 0 Å². The van der Waals surface area contributed by atoms with Crippen LogP contribution in [0.15, 0.2) is 22.6 Å². The van der Waals surface area contributed by atoms with Crippen LogP contribution in [-0.4, -0.2) is 0 Å². The molecule has 0 unspecified atom stereocenters. The molecular weight excluding hydrogens is 191 g/mol. The summed E-state index contributed by atoms with van der Waals surface area (Å²) < 4.78 is 18.3. The number of rotatable bonds is 1. The van der Waals surface area contributed by atoms with E-state index in [1.165, 1.54) is 12.1 Å². The van der Waals surface area contributed by atoms with Crippen LogP contribution in [0, 0.1) is 5.82 Å². The van der Waals surface area contributed by atoms with Gasteiger partial charge in [0.05, 0.1) is 5.02 Å². The Morgan fingerprint density at radius 3 is 2.85 bits per heavy atom. The van der Waals surface area contributed by atoms with Crippen molar-refractivity contribution in [1.82, 2.24) is 0 Å². The van der Waals surface area contributed by atoms with Gasteiger partial charge in [-0.1, -0.05) is 18.5 Å². The molecule has 68 valence electrons. The van der Waals surface area contributed by atoms with Crippen LogP contribution in [0.5, 0.6) is 0 Å². The summed E-state index contributed by atoms with van der Waals surface area (Å²) in [5.41, 5.74) is 0.569. The van der Waals surface area contributed by atoms with Crippen molar-refractivity contribution in [3.05, 3.63) is 34.8 Å². The first-order valence-electron chi connectivity index (χ1n) is 4.08. The second kappa shape index (κ2) is 3.04. The number of fused-ring (bicyclic) bond motifs is 1. The van der Waals surface area contributed by atoms with E-state index in [0.29, 0.717) is 10.6 Å². The van der Waals surface area contributed by atoms with Gasteiger partial charge in [0.25, 0.3) is 0 Å². The van der Waals surface area contributed by atoms with Gasteiger partial charge in [0.2, 0.25) is 0 Å². The molecule has 2 rings (SSSR count). The predicted octanol–water partition coefficient (Wildman–Crippen LogP) is 3.79. The van der Waals surface area contributed by atoms with Crippen LogP contribution in [0.25, 0.3) is 11.0 Å². The molecule has 1 heterocycles. The minimum atomic E-state index is -0.332. The average molecular weight is 199 g/mol. The standard InChI is InChI=1S/C10H8ClFO/c1-2-8-4-6-3-7(12)5-9(11)10(6)13-8/h3-5H,2H2,1H3. The minimum absolute atomic E-state index is 0.328. The molecule has 0 spiro atoms. The number of benzene rings is 1. The molecule has 0 bridgehead atoms. The van der Waals surface area contributed by atoms with Crippen LogP contribution in [0.3, 0.4) is 0 Å². The van der Waals surface area contributed by atoms with E-state index in [4.69, 9.17) is 16.0 Å². The molecule has 1 aromatic heterocycles. The van der Waals surface area contributed by atoms with Crippen molar-refractivity contribution in [1.29, 1.82) is 0 Å². The lowest BCUT2D eigenvalue weighted by atomic mass is 10.2. The first-order valence-corrected chi connectivity index (χ1v) is 4.46. The fourth-order valence-electron chi connectivity index (χ4n) is 1.30. The quantitative estimate of drug-likeness (QED) is 0.680. The Morgan fingerprint density at radius 1 is 1.38 bits per heavy atom. The van der Waals surface area contributed by atoms with Crippen LogP contribution in [-0.2, 0) is 6.42 Å². The van der Waals surface area contributed by atoms with Crippen molar-refractivity contribution in [2.75, 3.05) is 0 Å². The third-order valence-electron chi connectivity index (χ3n) is 1.94. The van der Waals surface area contributed by atoms with E-state index in [9.17, 15) is 4.39 Å². The molecule has 0 N–H and O–H groups in total. The van der Waals surface area contributed by atoms with Gasteiger partial charge in [-0.15, -0.1) is 0 Å². The van der Waals surface area contributed by atoms with Crippen molar-refractivity contribution in [3.63, 3.8) is 0 Å². The highest BCUT2D eigenvalue weighted by molar-refractivity contribution is 6.34. The maximum absolute atomic E-state index is 12.9. The Labute approximate surface area is 80.1 Å². The second-order valence-corrected chi connectivity index (χ2v) is 3.28. The average Bonchev–Trinajstić information content (AvgIpc) is 2.47. The Morgan fingerprint density at radius 2 is 2.15 bits per heavy atom. The van der Waals surface area contributed by atoms with Gasteiger partial charge in [-0.2, -0.15) is 0 Å². The summed E-state index contributed by atoms with van der Waals surface area (Å²) in [4.78, 5) is 0. The summed E-state index contributed by atoms with van der Waals surface area (Å²) in [6.07, 6.45) is 0.784. The largest absolute Gasteiger partial charge is 0.460 e. The molecule has 1 aromatic carbocycles. The van der Waals surface area contributed by atoms with Gasteiger partial charge >= 0.3 is 0 Å². The Hall–Kier alpha value is -1.02. The second-order valence-electron chi connectivity index (χ2n) is 2.87. The van der Waals surface area contributed by atoms with Crippen molar-refractivity contribution >= 4 is 22.6 Å². The topological polar surface area (TPSA) is 13.1 Å². The predicted molar refractivity (Wildman–Crippen MR) is 50.6 cm³/mol. The molecule has 0 amide bonds. The Kier molecular flexibility index (Phi) is 2.00. The lowest BCUT2D eigenvalue weighted by Gasteiger charge is -1.92. The summed E-state index contributed by atoms with van der Waals surface area (Å²) in [6, 6.07) is 4.49. The van der Waals surface area contributed by atoms with Crippen molar-refractivity contribution in [2.45, 2.75) is 13.3 Å². The third-order valence-corrected chi connectivity index (χ3v) is 2.22. The van der Waals surface area contributed by atoms with Crippen LogP contribution < -0.4 is 0 Å². The van der Waals surface area contributed by atoms with E-state index in [0.717, 1.165) is 17.6 Å². The molecule has 2 aromatic rings. The normalized spacial score (nSPS) is 11.0. The molecule has 0 saturated carbocycles. The number of aryl methyl sites for hydroxylation is 1. The molecule has 0 atom stereocenters. The van der Waals surface area contributed by atoms with E-state index >= 15 is 0 Å². The molecule has 0 fully saturated rings. The van der Waals surface area contributed by atoms with E-state index in [1.54, 1.807) is 0 Å². The zero-order valence-electron chi connectivity index (χ0n) is 7.10. The van der Waals surface area contributed by atoms with Crippen LogP contribution in [0.1, 0.15) is 12.7 Å². The van der Waals surface area contributed by atoms with Gasteiger partial charge in [0.1, 0.15) is 11.6 Å². The Balaban J connectivity index is 2.75. The molecular formula is C10H8ClFO. The summed E-state index contributed by atoms with van der Waals surface area (Å²) >= 11 is 5.80. The Bertz CT molecular complexity index is 447. The molecule has 0 saturated heterocycles. The van der Waals surface area contributed by atoms with Gasteiger partial charge in [0, 0.05) is 11.8 Å². The summed E-state index contributed by atoms with van der Waals surface area (Å²) in [5.74, 6) is 0.489. The molecule has 0 aliphatic heterocycles. The molecule has 3 heteroatoms. The lowest BCUT2D eigenvalue weighted by Crippen LogP contribution is -1.72. The SMILES string of the molecule is CCc1cc2cc(F)cc(Cl)c2o1. The van der Waals surface area contributed by atoms with Crippen LogP contribution >= 0.6 is 11.6 Å². The van der Waals surface area contributed by atoms with E-state index in [2.05, 4.69) is 0 Å². The number of halogens is 2. The minimum Gasteiger partial charge on any atom is -0.460 e. The maximum Gasteiger partial charge on any atom is 0.153 e. The van der Waals surface area contributed by atoms with Crippen LogP contribution in [0.4, 0.5) is 4.39 Å². The first kappa shape index (κ1) is 8.57. The molecule has 0 aliphatic carbocycles. The van der Waals surface area contributed by atoms with Gasteiger partial charge in [-0.25, -0.2) is 4.39 Å². The van der Waals surface area contributed by atoms with Crippen molar-refractivity contribution < 1.29 is 8.81 Å². The van der Waals surface area contributed by atoms with Gasteiger partial charge in [-0.05, 0) is 18.2 Å². The summed E-state index contributed by atoms with van der Waals surface area (Å²) in [6.45, 7) is 1.97. The van der Waals surface area contributed by atoms with Gasteiger partial charge in [0.15, 0.2) is 5.58 Å². The highest BCUT2D eigenvalue weighted by Gasteiger charge is 2.07. The highest BCUT2D eigenvalue weighted by Crippen LogP contribution is 2.28. The maximum atomic E-state index is 12.9. The molecule has 0 radical (unpaired) electrons. The van der Waals surface area contributed by atoms with E-state index in [-0.39, 0.29) is 5.82 Å². The molecule has 1 nitrogen and oxygen atoms in total. The van der Waals surface area contributed by atoms with E-state index < -0.39 is 0 Å². The fraction of sp³-hybridized carbons (Fsp3) is 0.200. The van der Waals surface area contributed by atoms with Crippen LogP contribution in [0.2, 0.25) is 5.02 Å². The van der Waals surface area contributed by atoms with Gasteiger partial charge < -0.3 is 4.42 Å². The first-order chi connectivity index (χ1) is 6.20.